The quantitative estimate of drug-likeness (QED) is 0.619. The molecule has 0 amide bonds. The number of aliphatic hydroxyl groups is 1. The topological polar surface area (TPSA) is 76.0 Å². The first-order chi connectivity index (χ1) is 12.0. The summed E-state index contributed by atoms with van der Waals surface area (Å²) in [5.74, 6) is 0.202. The normalized spacial score (nSPS) is 16.8. The molecule has 132 valence electrons. The number of carbonyl (C=O) groups is 1. The van der Waals surface area contributed by atoms with E-state index < -0.39 is 12.1 Å². The molecule has 2 atom stereocenters. The highest BCUT2D eigenvalue weighted by Gasteiger charge is 2.28. The Morgan fingerprint density at radius 2 is 2.20 bits per heavy atom. The molecule has 0 spiro atoms. The molecule has 25 heavy (non-hydrogen) atoms. The van der Waals surface area contributed by atoms with Crippen LogP contribution in [0, 0.1) is 3.57 Å². The molecule has 3 rings (SSSR count). The fourth-order valence-corrected chi connectivity index (χ4v) is 3.63. The number of hydrogen-bond donors (Lipinski definition) is 2. The Morgan fingerprint density at radius 3 is 2.88 bits per heavy atom. The Balaban J connectivity index is 1.85. The molecular weight excluding hydrogens is 459 g/mol. The average molecular weight is 475 g/mol. The largest absolute Gasteiger partial charge is 0.492 e. The molecule has 1 aliphatic rings. The predicted octanol–water partition coefficient (Wildman–Crippen LogP) is 4.01. The molecule has 0 saturated carbocycles. The van der Waals surface area contributed by atoms with Gasteiger partial charge < -0.3 is 19.7 Å². The maximum Gasteiger partial charge on any atom is 0.304 e. The standard InChI is InChI=1S/C18H16ClIO5/c19-12-3-1-2-10(4-12)17(8-21)25-16-7-15-13(6-14(16)20)11(9-24-15)5-18(22)23/h1-4,6-7,11,17,21H,5,8-9H2,(H,22,23)/t11-,17?/m1/s1. The van der Waals surface area contributed by atoms with E-state index in [9.17, 15) is 9.90 Å². The van der Waals surface area contributed by atoms with E-state index in [1.807, 2.05) is 12.1 Å². The molecule has 2 N–H and O–H groups in total. The summed E-state index contributed by atoms with van der Waals surface area (Å²) in [6.45, 7) is 0.148. The third-order valence-electron chi connectivity index (χ3n) is 4.02. The van der Waals surface area contributed by atoms with Crippen molar-refractivity contribution in [3.63, 3.8) is 0 Å². The first kappa shape index (κ1) is 18.3. The molecule has 0 bridgehead atoms. The van der Waals surface area contributed by atoms with Crippen LogP contribution in [0.15, 0.2) is 36.4 Å². The van der Waals surface area contributed by atoms with Gasteiger partial charge in [-0.2, -0.15) is 0 Å². The Hall–Kier alpha value is -1.51. The van der Waals surface area contributed by atoms with Crippen molar-refractivity contribution in [3.8, 4) is 11.5 Å². The molecule has 0 aromatic heterocycles. The van der Waals surface area contributed by atoms with Gasteiger partial charge in [-0.05, 0) is 46.4 Å². The molecule has 2 aromatic rings. The van der Waals surface area contributed by atoms with E-state index in [1.165, 1.54) is 0 Å². The number of aliphatic carboxylic acids is 1. The first-order valence-corrected chi connectivity index (χ1v) is 9.14. The zero-order valence-electron chi connectivity index (χ0n) is 13.1. The zero-order chi connectivity index (χ0) is 18.0. The van der Waals surface area contributed by atoms with Crippen LogP contribution in [0.2, 0.25) is 5.02 Å². The number of carboxylic acid groups (broad SMARTS) is 1. The van der Waals surface area contributed by atoms with Gasteiger partial charge in [-0.25, -0.2) is 0 Å². The lowest BCUT2D eigenvalue weighted by Crippen LogP contribution is -2.13. The van der Waals surface area contributed by atoms with Crippen LogP contribution in [-0.2, 0) is 4.79 Å². The molecule has 0 aliphatic carbocycles. The van der Waals surface area contributed by atoms with Gasteiger partial charge in [0, 0.05) is 22.6 Å². The van der Waals surface area contributed by atoms with Crippen LogP contribution in [0.4, 0.5) is 0 Å². The molecule has 5 nitrogen and oxygen atoms in total. The third-order valence-corrected chi connectivity index (χ3v) is 5.10. The minimum atomic E-state index is -0.849. The highest BCUT2D eigenvalue weighted by molar-refractivity contribution is 14.1. The van der Waals surface area contributed by atoms with Crippen LogP contribution in [0.1, 0.15) is 29.6 Å². The molecule has 1 aliphatic heterocycles. The summed E-state index contributed by atoms with van der Waals surface area (Å²) in [5.41, 5.74) is 1.65. The SMILES string of the molecule is O=C(O)C[C@@H]1COc2cc(OC(CO)c3cccc(Cl)c3)c(I)cc21. The van der Waals surface area contributed by atoms with Crippen molar-refractivity contribution in [2.75, 3.05) is 13.2 Å². The second-order valence-electron chi connectivity index (χ2n) is 5.77. The van der Waals surface area contributed by atoms with Gasteiger partial charge in [-0.15, -0.1) is 0 Å². The average Bonchev–Trinajstić information content (AvgIpc) is 2.93. The lowest BCUT2D eigenvalue weighted by Gasteiger charge is -2.19. The van der Waals surface area contributed by atoms with E-state index in [0.29, 0.717) is 23.1 Å². The Bertz CT molecular complexity index is 795. The minimum Gasteiger partial charge on any atom is -0.492 e. The maximum absolute atomic E-state index is 11.0. The number of aliphatic hydroxyl groups excluding tert-OH is 1. The highest BCUT2D eigenvalue weighted by Crippen LogP contribution is 2.41. The van der Waals surface area contributed by atoms with E-state index in [-0.39, 0.29) is 18.9 Å². The van der Waals surface area contributed by atoms with Crippen LogP contribution in [0.25, 0.3) is 0 Å². The highest BCUT2D eigenvalue weighted by atomic mass is 127. The summed E-state index contributed by atoms with van der Waals surface area (Å²) in [4.78, 5) is 11.0. The lowest BCUT2D eigenvalue weighted by atomic mass is 9.98. The van der Waals surface area contributed by atoms with E-state index >= 15 is 0 Å². The molecule has 1 heterocycles. The second-order valence-corrected chi connectivity index (χ2v) is 7.37. The van der Waals surface area contributed by atoms with Crippen molar-refractivity contribution in [1.29, 1.82) is 0 Å². The zero-order valence-corrected chi connectivity index (χ0v) is 16.0. The van der Waals surface area contributed by atoms with Crippen molar-refractivity contribution in [3.05, 3.63) is 56.1 Å². The van der Waals surface area contributed by atoms with Crippen molar-refractivity contribution >= 4 is 40.2 Å². The Labute approximate surface area is 163 Å². The van der Waals surface area contributed by atoms with Crippen LogP contribution >= 0.6 is 34.2 Å². The maximum atomic E-state index is 11.0. The van der Waals surface area contributed by atoms with E-state index in [4.69, 9.17) is 26.2 Å². The van der Waals surface area contributed by atoms with Gasteiger partial charge in [-0.3, -0.25) is 4.79 Å². The fourth-order valence-electron chi connectivity index (χ4n) is 2.82. The number of benzene rings is 2. The second kappa shape index (κ2) is 7.80. The van der Waals surface area contributed by atoms with Gasteiger partial charge in [-0.1, -0.05) is 23.7 Å². The number of rotatable bonds is 6. The Morgan fingerprint density at radius 1 is 1.40 bits per heavy atom. The molecule has 7 heteroatoms. The number of carboxylic acids is 1. The summed E-state index contributed by atoms with van der Waals surface area (Å²) < 4.78 is 12.4. The summed E-state index contributed by atoms with van der Waals surface area (Å²) in [6, 6.07) is 10.8. The molecule has 1 unspecified atom stereocenters. The Kier molecular flexibility index (Phi) is 5.71. The summed E-state index contributed by atoms with van der Waals surface area (Å²) >= 11 is 8.15. The van der Waals surface area contributed by atoms with Gasteiger partial charge in [0.05, 0.1) is 23.2 Å². The molecule has 0 radical (unpaired) electrons. The van der Waals surface area contributed by atoms with E-state index in [1.54, 1.807) is 24.3 Å². The van der Waals surface area contributed by atoms with E-state index in [2.05, 4.69) is 22.6 Å². The lowest BCUT2D eigenvalue weighted by molar-refractivity contribution is -0.137. The van der Waals surface area contributed by atoms with Crippen LogP contribution in [0.5, 0.6) is 11.5 Å². The monoisotopic (exact) mass is 474 g/mol. The van der Waals surface area contributed by atoms with Gasteiger partial charge in [0.15, 0.2) is 0 Å². The van der Waals surface area contributed by atoms with Gasteiger partial charge in [0.2, 0.25) is 0 Å². The van der Waals surface area contributed by atoms with Gasteiger partial charge in [0.1, 0.15) is 17.6 Å². The first-order valence-electron chi connectivity index (χ1n) is 7.69. The van der Waals surface area contributed by atoms with Crippen molar-refractivity contribution < 1.29 is 24.5 Å². The smallest absolute Gasteiger partial charge is 0.304 e. The fraction of sp³-hybridized carbons (Fsp3) is 0.278. The van der Waals surface area contributed by atoms with Crippen LogP contribution < -0.4 is 9.47 Å². The number of halogens is 2. The van der Waals surface area contributed by atoms with Crippen LogP contribution in [0.3, 0.4) is 0 Å². The van der Waals surface area contributed by atoms with Crippen LogP contribution in [-0.4, -0.2) is 29.4 Å². The molecule has 2 aromatic carbocycles. The third kappa shape index (κ3) is 4.19. The number of ether oxygens (including phenoxy) is 2. The molecular formula is C18H16ClIO5. The summed E-state index contributed by atoms with van der Waals surface area (Å²) in [6.07, 6.45) is -0.521. The van der Waals surface area contributed by atoms with Gasteiger partial charge in [0.25, 0.3) is 0 Å². The summed E-state index contributed by atoms with van der Waals surface area (Å²) in [5, 5.41) is 19.3. The van der Waals surface area contributed by atoms with Gasteiger partial charge >= 0.3 is 5.97 Å². The van der Waals surface area contributed by atoms with E-state index in [0.717, 1.165) is 14.7 Å². The molecule has 0 saturated heterocycles. The predicted molar refractivity (Wildman–Crippen MR) is 102 cm³/mol. The minimum absolute atomic E-state index is 0.0328. The van der Waals surface area contributed by atoms with Crippen molar-refractivity contribution in [1.82, 2.24) is 0 Å². The van der Waals surface area contributed by atoms with Crippen molar-refractivity contribution in [2.45, 2.75) is 18.4 Å². The summed E-state index contributed by atoms with van der Waals surface area (Å²) in [7, 11) is 0. The number of fused-ring (bicyclic) bond motifs is 1. The van der Waals surface area contributed by atoms with Crippen molar-refractivity contribution in [2.24, 2.45) is 0 Å². The molecule has 0 fully saturated rings. The number of hydrogen-bond acceptors (Lipinski definition) is 4.